The van der Waals surface area contributed by atoms with Gasteiger partial charge in [-0.25, -0.2) is 23.0 Å². The van der Waals surface area contributed by atoms with Crippen LogP contribution in [0.4, 0.5) is 23.1 Å². The van der Waals surface area contributed by atoms with Gasteiger partial charge in [-0.1, -0.05) is 35.1 Å². The molecule has 36 heavy (non-hydrogen) atoms. The van der Waals surface area contributed by atoms with Crippen molar-refractivity contribution in [2.24, 2.45) is 0 Å². The number of imide groups is 1. The molecule has 0 bridgehead atoms. The van der Waals surface area contributed by atoms with Gasteiger partial charge in [0.05, 0.1) is 30.9 Å². The lowest BCUT2D eigenvalue weighted by Crippen LogP contribution is -2.51. The minimum atomic E-state index is -5.08. The summed E-state index contributed by atoms with van der Waals surface area (Å²) < 4.78 is 57.4. The molecule has 1 aliphatic rings. The molecule has 2 aromatic carbocycles. The number of nitrogens with zero attached hydrogens (tertiary/aromatic N) is 1. The first kappa shape index (κ1) is 27.3. The van der Waals surface area contributed by atoms with Crippen LogP contribution < -0.4 is 16.0 Å². The van der Waals surface area contributed by atoms with E-state index in [-0.39, 0.29) is 20.6 Å². The van der Waals surface area contributed by atoms with Gasteiger partial charge >= 0.3 is 18.2 Å². The summed E-state index contributed by atoms with van der Waals surface area (Å²) in [6.07, 6.45) is -5.08. The van der Waals surface area contributed by atoms with E-state index in [9.17, 15) is 31.2 Å². The summed E-state index contributed by atoms with van der Waals surface area (Å²) in [6, 6.07) is 10.3. The van der Waals surface area contributed by atoms with Crippen LogP contribution in [0.3, 0.4) is 0 Å². The number of halogens is 4. The average molecular weight is 565 g/mol. The van der Waals surface area contributed by atoms with E-state index in [0.29, 0.717) is 23.3 Å². The third kappa shape index (κ3) is 6.48. The second-order valence-corrected chi connectivity index (χ2v) is 10.8. The Balaban J connectivity index is 0.000000454. The van der Waals surface area contributed by atoms with Crippen LogP contribution in [0.25, 0.3) is 10.2 Å². The molecular formula is C20H16ClF3N4O6S2. The van der Waals surface area contributed by atoms with Crippen LogP contribution in [-0.4, -0.2) is 60.9 Å². The van der Waals surface area contributed by atoms with E-state index in [1.165, 1.54) is 12.1 Å². The van der Waals surface area contributed by atoms with Gasteiger partial charge in [-0.2, -0.15) is 13.2 Å². The zero-order chi connectivity index (χ0) is 26.7. The Bertz CT molecular complexity index is 1420. The number of hydrogen-bond donors (Lipinski definition) is 4. The Labute approximate surface area is 210 Å². The lowest BCUT2D eigenvalue weighted by molar-refractivity contribution is -0.192. The number of anilines is 1. The smallest absolute Gasteiger partial charge is 0.475 e. The molecule has 4 N–H and O–H groups in total. The van der Waals surface area contributed by atoms with Crippen molar-refractivity contribution < 1.29 is 41.1 Å². The van der Waals surface area contributed by atoms with E-state index in [4.69, 9.17) is 21.5 Å². The lowest BCUT2D eigenvalue weighted by Gasteiger charge is -2.26. The van der Waals surface area contributed by atoms with Crippen molar-refractivity contribution >= 4 is 66.0 Å². The zero-order valence-corrected chi connectivity index (χ0v) is 20.2. The first-order valence-electron chi connectivity index (χ1n) is 9.81. The summed E-state index contributed by atoms with van der Waals surface area (Å²) >= 11 is 7.07. The third-order valence-corrected chi connectivity index (χ3v) is 8.06. The van der Waals surface area contributed by atoms with E-state index in [1.54, 1.807) is 30.3 Å². The lowest BCUT2D eigenvalue weighted by atomic mass is 10.2. The molecule has 3 amide bonds. The van der Waals surface area contributed by atoms with Crippen molar-refractivity contribution in [3.05, 3.63) is 53.1 Å². The Morgan fingerprint density at radius 1 is 1.14 bits per heavy atom. The summed E-state index contributed by atoms with van der Waals surface area (Å²) in [7, 11) is -3.40. The monoisotopic (exact) mass is 564 g/mol. The van der Waals surface area contributed by atoms with Gasteiger partial charge in [-0.3, -0.25) is 15.4 Å². The summed E-state index contributed by atoms with van der Waals surface area (Å²) in [5.41, 5.74) is 0.724. The zero-order valence-electron chi connectivity index (χ0n) is 17.8. The van der Waals surface area contributed by atoms with E-state index < -0.39 is 39.2 Å². The SMILES string of the molecule is O=C(NC(=O)c1ccccc1Cl)Nc1nc2ccc(S(=O)(=O)C3CNC3)cc2s1.O=C(O)C(F)(F)F. The van der Waals surface area contributed by atoms with E-state index >= 15 is 0 Å². The number of nitrogens with one attached hydrogen (secondary N) is 3. The maximum absolute atomic E-state index is 12.5. The highest BCUT2D eigenvalue weighted by atomic mass is 35.5. The topological polar surface area (TPSA) is 155 Å². The number of amides is 3. The molecule has 0 unspecified atom stereocenters. The molecule has 1 fully saturated rings. The number of alkyl halides is 3. The molecule has 10 nitrogen and oxygen atoms in total. The second-order valence-electron chi connectivity index (χ2n) is 7.16. The molecule has 3 aromatic rings. The summed E-state index contributed by atoms with van der Waals surface area (Å²) in [4.78, 5) is 37.6. The number of carbonyl (C=O) groups excluding carboxylic acids is 2. The van der Waals surface area contributed by atoms with Crippen LogP contribution >= 0.6 is 22.9 Å². The van der Waals surface area contributed by atoms with E-state index in [0.717, 1.165) is 11.3 Å². The normalized spacial score (nSPS) is 13.8. The summed E-state index contributed by atoms with van der Waals surface area (Å²) in [5.74, 6) is -3.40. The number of rotatable bonds is 4. The number of carboxylic acid groups (broad SMARTS) is 1. The van der Waals surface area contributed by atoms with Crippen LogP contribution in [0.5, 0.6) is 0 Å². The van der Waals surface area contributed by atoms with Crippen LogP contribution in [0.2, 0.25) is 5.02 Å². The van der Waals surface area contributed by atoms with Gasteiger partial charge in [-0.05, 0) is 30.3 Å². The highest BCUT2D eigenvalue weighted by Crippen LogP contribution is 2.30. The van der Waals surface area contributed by atoms with Crippen LogP contribution in [-0.2, 0) is 14.6 Å². The summed E-state index contributed by atoms with van der Waals surface area (Å²) in [5, 5.41) is 14.8. The Kier molecular flexibility index (Phi) is 8.18. The Morgan fingerprint density at radius 3 is 2.33 bits per heavy atom. The molecule has 1 aromatic heterocycles. The molecule has 1 saturated heterocycles. The third-order valence-electron chi connectivity index (χ3n) is 4.68. The van der Waals surface area contributed by atoms with Crippen molar-refractivity contribution in [3.63, 3.8) is 0 Å². The number of carbonyl (C=O) groups is 3. The number of thiazole rings is 1. The fraction of sp³-hybridized carbons (Fsp3) is 0.200. The highest BCUT2D eigenvalue weighted by molar-refractivity contribution is 7.92. The number of benzene rings is 2. The second kappa shape index (κ2) is 10.8. The largest absolute Gasteiger partial charge is 0.490 e. The van der Waals surface area contributed by atoms with Gasteiger partial charge < -0.3 is 10.4 Å². The molecule has 1 aliphatic heterocycles. The molecule has 0 aliphatic carbocycles. The molecule has 16 heteroatoms. The number of aromatic nitrogens is 1. The first-order chi connectivity index (χ1) is 16.8. The van der Waals surface area contributed by atoms with Crippen LogP contribution in [0, 0.1) is 0 Å². The van der Waals surface area contributed by atoms with Gasteiger partial charge in [0.25, 0.3) is 5.91 Å². The van der Waals surface area contributed by atoms with Crippen molar-refractivity contribution in [2.75, 3.05) is 18.4 Å². The van der Waals surface area contributed by atoms with Crippen LogP contribution in [0.15, 0.2) is 47.4 Å². The van der Waals surface area contributed by atoms with Gasteiger partial charge in [0.2, 0.25) is 0 Å². The maximum atomic E-state index is 12.5. The van der Waals surface area contributed by atoms with Crippen molar-refractivity contribution in [1.29, 1.82) is 0 Å². The average Bonchev–Trinajstić information content (AvgIpc) is 3.13. The minimum Gasteiger partial charge on any atom is -0.475 e. The number of hydrogen-bond acceptors (Lipinski definition) is 8. The summed E-state index contributed by atoms with van der Waals surface area (Å²) in [6.45, 7) is 0.880. The molecule has 0 atom stereocenters. The predicted molar refractivity (Wildman–Crippen MR) is 125 cm³/mol. The Hall–Kier alpha value is -3.27. The number of fused-ring (bicyclic) bond motifs is 1. The van der Waals surface area contributed by atoms with Crippen molar-refractivity contribution in [2.45, 2.75) is 16.3 Å². The quantitative estimate of drug-likeness (QED) is 0.376. The van der Waals surface area contributed by atoms with Gasteiger partial charge in [0.15, 0.2) is 15.0 Å². The Morgan fingerprint density at radius 2 is 1.78 bits per heavy atom. The fourth-order valence-electron chi connectivity index (χ4n) is 2.75. The minimum absolute atomic E-state index is 0.175. The molecule has 192 valence electrons. The fourth-order valence-corrected chi connectivity index (χ4v) is 5.55. The van der Waals surface area contributed by atoms with Crippen molar-refractivity contribution in [3.8, 4) is 0 Å². The predicted octanol–water partition coefficient (Wildman–Crippen LogP) is 3.29. The van der Waals surface area contributed by atoms with E-state index in [1.807, 2.05) is 0 Å². The van der Waals surface area contributed by atoms with Crippen LogP contribution in [0.1, 0.15) is 10.4 Å². The molecule has 2 heterocycles. The first-order valence-corrected chi connectivity index (χ1v) is 12.6. The molecule has 4 rings (SSSR count). The standard InChI is InChI=1S/C18H15ClN4O4S2.C2HF3O2/c19-13-4-2-1-3-12(13)16(24)22-17(25)23-18-21-14-6-5-10(7-15(14)28-18)29(26,27)11-8-20-9-11;3-2(4,5)1(6)7/h1-7,11,20H,8-9H2,(H2,21,22,23,24,25);(H,6,7). The van der Waals surface area contributed by atoms with Crippen molar-refractivity contribution in [1.82, 2.24) is 15.6 Å². The number of aliphatic carboxylic acids is 1. The molecule has 0 radical (unpaired) electrons. The maximum Gasteiger partial charge on any atom is 0.490 e. The highest BCUT2D eigenvalue weighted by Gasteiger charge is 2.38. The molecular weight excluding hydrogens is 549 g/mol. The van der Waals surface area contributed by atoms with Gasteiger partial charge in [0.1, 0.15) is 0 Å². The molecule has 0 spiro atoms. The molecule has 0 saturated carbocycles. The van der Waals surface area contributed by atoms with E-state index in [2.05, 4.69) is 20.9 Å². The van der Waals surface area contributed by atoms with Gasteiger partial charge in [0, 0.05) is 13.1 Å². The number of sulfone groups is 1. The van der Waals surface area contributed by atoms with Gasteiger partial charge in [-0.15, -0.1) is 0 Å². The number of carboxylic acids is 1. The number of urea groups is 1.